The van der Waals surface area contributed by atoms with Crippen LogP contribution in [0.3, 0.4) is 0 Å². The molecule has 0 bridgehead atoms. The number of hydrogen-bond donors (Lipinski definition) is 4. The average molecular weight is 287 g/mol. The lowest BCUT2D eigenvalue weighted by molar-refractivity contribution is -0.141. The minimum atomic E-state index is -1.27. The fraction of sp³-hybridized carbons (Fsp3) is 0.846. The fourth-order valence-electron chi connectivity index (χ4n) is 2.41. The molecular formula is C13H25N3O4. The number of carboxylic acid groups (broad SMARTS) is 1. The van der Waals surface area contributed by atoms with E-state index in [-0.39, 0.29) is 6.04 Å². The molecule has 1 aliphatic heterocycles. The minimum absolute atomic E-state index is 0.125. The molecule has 0 radical (unpaired) electrons. The molecule has 0 aromatic heterocycles. The highest BCUT2D eigenvalue weighted by atomic mass is 16.4. The van der Waals surface area contributed by atoms with Gasteiger partial charge < -0.3 is 25.7 Å². The molecule has 2 amide bonds. The van der Waals surface area contributed by atoms with Crippen LogP contribution in [0.25, 0.3) is 0 Å². The van der Waals surface area contributed by atoms with Crippen molar-refractivity contribution in [2.24, 2.45) is 0 Å². The smallest absolute Gasteiger partial charge is 0.328 e. The summed E-state index contributed by atoms with van der Waals surface area (Å²) in [5, 5.41) is 24.1. The summed E-state index contributed by atoms with van der Waals surface area (Å²) in [7, 11) is 0. The normalized spacial score (nSPS) is 19.1. The van der Waals surface area contributed by atoms with E-state index < -0.39 is 24.1 Å². The van der Waals surface area contributed by atoms with E-state index in [1.54, 1.807) is 4.90 Å². The van der Waals surface area contributed by atoms with Gasteiger partial charge in [-0.3, -0.25) is 0 Å². The van der Waals surface area contributed by atoms with E-state index in [9.17, 15) is 14.7 Å². The van der Waals surface area contributed by atoms with Gasteiger partial charge in [0.1, 0.15) is 0 Å². The van der Waals surface area contributed by atoms with Crippen LogP contribution < -0.4 is 10.6 Å². The van der Waals surface area contributed by atoms with Gasteiger partial charge >= 0.3 is 12.0 Å². The van der Waals surface area contributed by atoms with Crippen LogP contribution in [0.2, 0.25) is 0 Å². The number of aliphatic carboxylic acids is 1. The van der Waals surface area contributed by atoms with Gasteiger partial charge in [-0.15, -0.1) is 0 Å². The Bertz CT molecular complexity index is 330. The molecule has 4 N–H and O–H groups in total. The predicted molar refractivity (Wildman–Crippen MR) is 74.5 cm³/mol. The molecule has 0 aliphatic carbocycles. The van der Waals surface area contributed by atoms with Gasteiger partial charge in [0.15, 0.2) is 6.04 Å². The minimum Gasteiger partial charge on any atom is -0.480 e. The van der Waals surface area contributed by atoms with Crippen LogP contribution in [0.5, 0.6) is 0 Å². The zero-order chi connectivity index (χ0) is 15.1. The Kier molecular flexibility index (Phi) is 6.74. The summed E-state index contributed by atoms with van der Waals surface area (Å²) >= 11 is 0. The number of piperidine rings is 1. The van der Waals surface area contributed by atoms with Gasteiger partial charge in [0, 0.05) is 12.6 Å². The number of nitrogens with zero attached hydrogens (tertiary/aromatic N) is 1. The van der Waals surface area contributed by atoms with Crippen molar-refractivity contribution in [1.29, 1.82) is 0 Å². The molecule has 7 nitrogen and oxygen atoms in total. The second-order valence-electron chi connectivity index (χ2n) is 5.18. The van der Waals surface area contributed by atoms with Gasteiger partial charge in [0.05, 0.1) is 6.10 Å². The maximum Gasteiger partial charge on any atom is 0.328 e. The number of aliphatic hydroxyl groups is 1. The lowest BCUT2D eigenvalue weighted by atomic mass is 10.0. The first-order valence-corrected chi connectivity index (χ1v) is 7.16. The number of nitrogens with one attached hydrogen (secondary N) is 2. The van der Waals surface area contributed by atoms with Crippen molar-refractivity contribution >= 4 is 12.0 Å². The molecule has 7 heteroatoms. The number of carbonyl (C=O) groups excluding carboxylic acids is 1. The van der Waals surface area contributed by atoms with Gasteiger partial charge in [0.25, 0.3) is 0 Å². The summed E-state index contributed by atoms with van der Waals surface area (Å²) in [6, 6.07) is -1.56. The van der Waals surface area contributed by atoms with E-state index >= 15 is 0 Å². The Hall–Kier alpha value is -1.34. The molecule has 0 saturated carbocycles. The molecule has 20 heavy (non-hydrogen) atoms. The molecule has 1 heterocycles. The van der Waals surface area contributed by atoms with Crippen LogP contribution in [-0.2, 0) is 4.79 Å². The van der Waals surface area contributed by atoms with Crippen molar-refractivity contribution < 1.29 is 19.8 Å². The molecule has 1 fully saturated rings. The van der Waals surface area contributed by atoms with Crippen molar-refractivity contribution in [2.75, 3.05) is 19.6 Å². The Morgan fingerprint density at radius 3 is 2.45 bits per heavy atom. The Morgan fingerprint density at radius 2 is 2.00 bits per heavy atom. The van der Waals surface area contributed by atoms with E-state index in [1.807, 2.05) is 6.92 Å². The molecule has 1 saturated heterocycles. The van der Waals surface area contributed by atoms with Gasteiger partial charge in [-0.25, -0.2) is 9.59 Å². The maximum absolute atomic E-state index is 12.3. The van der Waals surface area contributed by atoms with Gasteiger partial charge in [-0.1, -0.05) is 6.92 Å². The highest BCUT2D eigenvalue weighted by Crippen LogP contribution is 2.13. The Balaban J connectivity index is 2.69. The Morgan fingerprint density at radius 1 is 1.40 bits per heavy atom. The lowest BCUT2D eigenvalue weighted by Gasteiger charge is -2.35. The van der Waals surface area contributed by atoms with Crippen molar-refractivity contribution in [1.82, 2.24) is 15.5 Å². The van der Waals surface area contributed by atoms with E-state index in [2.05, 4.69) is 10.6 Å². The van der Waals surface area contributed by atoms with Crippen LogP contribution in [-0.4, -0.2) is 64.9 Å². The van der Waals surface area contributed by atoms with E-state index in [0.717, 1.165) is 32.4 Å². The number of aliphatic hydroxyl groups excluding tert-OH is 1. The molecule has 1 rings (SSSR count). The highest BCUT2D eigenvalue weighted by molar-refractivity contribution is 5.83. The van der Waals surface area contributed by atoms with Crippen molar-refractivity contribution in [3.63, 3.8) is 0 Å². The SMILES string of the molecule is CCCN(C(=O)N[C@H](C(=O)O)[C@@H](C)O)C1CCNCC1. The monoisotopic (exact) mass is 287 g/mol. The first-order chi connectivity index (χ1) is 9.47. The maximum atomic E-state index is 12.3. The van der Waals surface area contributed by atoms with Crippen LogP contribution in [0, 0.1) is 0 Å². The first-order valence-electron chi connectivity index (χ1n) is 7.16. The first kappa shape index (κ1) is 16.7. The molecule has 0 spiro atoms. The molecule has 1 aliphatic rings. The standard InChI is InChI=1S/C13H25N3O4/c1-3-8-16(10-4-6-14-7-5-10)13(20)15-11(9(2)17)12(18)19/h9-11,14,17H,3-8H2,1-2H3,(H,15,20)(H,18,19)/t9-,11+/m1/s1. The van der Waals surface area contributed by atoms with Crippen molar-refractivity contribution in [3.05, 3.63) is 0 Å². The van der Waals surface area contributed by atoms with Gasteiger partial charge in [-0.2, -0.15) is 0 Å². The zero-order valence-electron chi connectivity index (χ0n) is 12.1. The molecule has 0 unspecified atom stereocenters. The van der Waals surface area contributed by atoms with Crippen molar-refractivity contribution in [3.8, 4) is 0 Å². The number of urea groups is 1. The van der Waals surface area contributed by atoms with Gasteiger partial charge in [0.2, 0.25) is 0 Å². The average Bonchev–Trinajstić information content (AvgIpc) is 2.42. The molecular weight excluding hydrogens is 262 g/mol. The number of rotatable bonds is 6. The lowest BCUT2D eigenvalue weighted by Crippen LogP contribution is -2.56. The third-order valence-electron chi connectivity index (χ3n) is 3.50. The second kappa shape index (κ2) is 8.06. The largest absolute Gasteiger partial charge is 0.480 e. The highest BCUT2D eigenvalue weighted by Gasteiger charge is 2.30. The summed E-state index contributed by atoms with van der Waals surface area (Å²) in [4.78, 5) is 25.0. The van der Waals surface area contributed by atoms with E-state index in [0.29, 0.717) is 6.54 Å². The van der Waals surface area contributed by atoms with Crippen LogP contribution in [0.1, 0.15) is 33.1 Å². The fourth-order valence-corrected chi connectivity index (χ4v) is 2.41. The molecule has 116 valence electrons. The second-order valence-corrected chi connectivity index (χ2v) is 5.18. The third kappa shape index (κ3) is 4.64. The number of carbonyl (C=O) groups is 2. The van der Waals surface area contributed by atoms with Crippen molar-refractivity contribution in [2.45, 2.75) is 51.3 Å². The number of amides is 2. The summed E-state index contributed by atoms with van der Waals surface area (Å²) < 4.78 is 0. The number of carboxylic acids is 1. The summed E-state index contributed by atoms with van der Waals surface area (Å²) in [6.45, 7) is 5.63. The van der Waals surface area contributed by atoms with E-state index in [1.165, 1.54) is 6.92 Å². The molecule has 0 aromatic rings. The van der Waals surface area contributed by atoms with Crippen LogP contribution in [0.15, 0.2) is 0 Å². The summed E-state index contributed by atoms with van der Waals surface area (Å²) in [6.07, 6.45) is 1.40. The predicted octanol–water partition coefficient (Wildman–Crippen LogP) is -0.00600. The third-order valence-corrected chi connectivity index (χ3v) is 3.50. The van der Waals surface area contributed by atoms with Gasteiger partial charge in [-0.05, 0) is 39.3 Å². The van der Waals surface area contributed by atoms with Crippen LogP contribution >= 0.6 is 0 Å². The molecule has 2 atom stereocenters. The number of hydrogen-bond acceptors (Lipinski definition) is 4. The van der Waals surface area contributed by atoms with Crippen LogP contribution in [0.4, 0.5) is 4.79 Å². The molecule has 0 aromatic carbocycles. The summed E-state index contributed by atoms with van der Waals surface area (Å²) in [5.41, 5.74) is 0. The Labute approximate surface area is 119 Å². The summed E-state index contributed by atoms with van der Waals surface area (Å²) in [5.74, 6) is -1.23. The quantitative estimate of drug-likeness (QED) is 0.550. The topological polar surface area (TPSA) is 102 Å². The zero-order valence-corrected chi connectivity index (χ0v) is 12.1. The van der Waals surface area contributed by atoms with E-state index in [4.69, 9.17) is 5.11 Å².